The number of nitrogens with one attached hydrogen (secondary N) is 1. The van der Waals surface area contributed by atoms with Gasteiger partial charge in [-0.15, -0.1) is 5.10 Å². The fourth-order valence-corrected chi connectivity index (χ4v) is 2.86. The van der Waals surface area contributed by atoms with E-state index >= 15 is 0 Å². The number of likely N-dealkylation sites (tertiary alicyclic amines) is 1. The van der Waals surface area contributed by atoms with Crippen LogP contribution in [0.2, 0.25) is 0 Å². The first-order valence-electron chi connectivity index (χ1n) is 8.18. The maximum absolute atomic E-state index is 12.5. The number of carbonyl (C=O) groups is 1. The summed E-state index contributed by atoms with van der Waals surface area (Å²) in [6, 6.07) is 5.37. The standard InChI is InChI=1S/C16H22N6O2/c1-12-18-19-20-22(12)14-11-13(7-8-15(14)24-2)17-16(23)21-9-5-3-4-6-10-21/h7-8,11H,3-6,9-10H2,1-2H3,(H,17,23). The normalized spacial score (nSPS) is 15.0. The van der Waals surface area contributed by atoms with Crippen LogP contribution in [0.5, 0.6) is 5.75 Å². The van der Waals surface area contributed by atoms with Gasteiger partial charge in [0.15, 0.2) is 5.82 Å². The Balaban J connectivity index is 1.81. The number of aryl methyl sites for hydroxylation is 1. The van der Waals surface area contributed by atoms with E-state index in [4.69, 9.17) is 4.74 Å². The summed E-state index contributed by atoms with van der Waals surface area (Å²) in [5.41, 5.74) is 1.38. The van der Waals surface area contributed by atoms with Gasteiger partial charge in [0.1, 0.15) is 11.4 Å². The Morgan fingerprint density at radius 2 is 1.96 bits per heavy atom. The molecule has 1 aromatic carbocycles. The molecule has 3 rings (SSSR count). The Kier molecular flexibility index (Phi) is 4.93. The van der Waals surface area contributed by atoms with Gasteiger partial charge >= 0.3 is 6.03 Å². The van der Waals surface area contributed by atoms with Crippen LogP contribution in [0.1, 0.15) is 31.5 Å². The van der Waals surface area contributed by atoms with Crippen molar-refractivity contribution in [1.29, 1.82) is 0 Å². The molecule has 2 heterocycles. The minimum Gasteiger partial charge on any atom is -0.494 e. The highest BCUT2D eigenvalue weighted by Gasteiger charge is 2.17. The van der Waals surface area contributed by atoms with Gasteiger partial charge in [0, 0.05) is 18.8 Å². The zero-order valence-corrected chi connectivity index (χ0v) is 14.0. The molecular weight excluding hydrogens is 308 g/mol. The van der Waals surface area contributed by atoms with E-state index in [0.29, 0.717) is 22.9 Å². The van der Waals surface area contributed by atoms with Crippen LogP contribution in [0.25, 0.3) is 5.69 Å². The van der Waals surface area contributed by atoms with Crippen molar-refractivity contribution in [3.05, 3.63) is 24.0 Å². The number of hydrogen-bond donors (Lipinski definition) is 1. The second-order valence-electron chi connectivity index (χ2n) is 5.86. The number of nitrogens with zero attached hydrogens (tertiary/aromatic N) is 5. The van der Waals surface area contributed by atoms with Gasteiger partial charge in [-0.1, -0.05) is 12.8 Å². The molecule has 1 saturated heterocycles. The average molecular weight is 330 g/mol. The number of methoxy groups -OCH3 is 1. The van der Waals surface area contributed by atoms with Crippen LogP contribution in [0.15, 0.2) is 18.2 Å². The zero-order valence-electron chi connectivity index (χ0n) is 14.0. The third-order valence-electron chi connectivity index (χ3n) is 4.18. The first kappa shape index (κ1) is 16.2. The third kappa shape index (κ3) is 3.47. The van der Waals surface area contributed by atoms with Gasteiger partial charge in [-0.25, -0.2) is 4.79 Å². The topological polar surface area (TPSA) is 85.2 Å². The Labute approximate surface area is 140 Å². The van der Waals surface area contributed by atoms with Crippen molar-refractivity contribution in [2.45, 2.75) is 32.6 Å². The summed E-state index contributed by atoms with van der Waals surface area (Å²) in [7, 11) is 1.59. The number of anilines is 1. The molecule has 0 saturated carbocycles. The van der Waals surface area contributed by atoms with E-state index in [0.717, 1.165) is 25.9 Å². The summed E-state index contributed by atoms with van der Waals surface area (Å²) in [5.74, 6) is 1.28. The first-order valence-corrected chi connectivity index (χ1v) is 8.18. The number of ether oxygens (including phenoxy) is 1. The highest BCUT2D eigenvalue weighted by molar-refractivity contribution is 5.89. The van der Waals surface area contributed by atoms with Gasteiger partial charge in [0.25, 0.3) is 0 Å². The van der Waals surface area contributed by atoms with Crippen molar-refractivity contribution in [3.8, 4) is 11.4 Å². The number of amides is 2. The molecule has 2 amide bonds. The second-order valence-corrected chi connectivity index (χ2v) is 5.86. The van der Waals surface area contributed by atoms with E-state index in [1.807, 2.05) is 24.0 Å². The zero-order chi connectivity index (χ0) is 16.9. The molecule has 1 N–H and O–H groups in total. The molecule has 0 bridgehead atoms. The van der Waals surface area contributed by atoms with Crippen LogP contribution in [0.4, 0.5) is 10.5 Å². The van der Waals surface area contributed by atoms with Gasteiger partial charge in [-0.2, -0.15) is 4.68 Å². The average Bonchev–Trinajstić information content (AvgIpc) is 2.85. The quantitative estimate of drug-likeness (QED) is 0.934. The van der Waals surface area contributed by atoms with Crippen molar-refractivity contribution in [1.82, 2.24) is 25.1 Å². The van der Waals surface area contributed by atoms with Gasteiger partial charge in [0.2, 0.25) is 0 Å². The smallest absolute Gasteiger partial charge is 0.321 e. The predicted octanol–water partition coefficient (Wildman–Crippen LogP) is 2.39. The molecule has 0 unspecified atom stereocenters. The molecule has 1 fully saturated rings. The lowest BCUT2D eigenvalue weighted by molar-refractivity contribution is 0.214. The molecule has 8 nitrogen and oxygen atoms in total. The van der Waals surface area contributed by atoms with Crippen molar-refractivity contribution in [2.24, 2.45) is 0 Å². The van der Waals surface area contributed by atoms with E-state index in [-0.39, 0.29) is 6.03 Å². The Morgan fingerprint density at radius 1 is 1.21 bits per heavy atom. The molecule has 2 aromatic rings. The highest BCUT2D eigenvalue weighted by Crippen LogP contribution is 2.26. The van der Waals surface area contributed by atoms with Crippen LogP contribution < -0.4 is 10.1 Å². The summed E-state index contributed by atoms with van der Waals surface area (Å²) in [4.78, 5) is 14.4. The second kappa shape index (κ2) is 7.29. The Hall–Kier alpha value is -2.64. The minimum atomic E-state index is -0.0681. The van der Waals surface area contributed by atoms with Crippen LogP contribution in [-0.2, 0) is 0 Å². The summed E-state index contributed by atoms with van der Waals surface area (Å²) < 4.78 is 6.96. The van der Waals surface area contributed by atoms with Crippen molar-refractivity contribution in [2.75, 3.05) is 25.5 Å². The van der Waals surface area contributed by atoms with Crippen LogP contribution in [0, 0.1) is 6.92 Å². The fraction of sp³-hybridized carbons (Fsp3) is 0.500. The maximum atomic E-state index is 12.5. The van der Waals surface area contributed by atoms with Crippen molar-refractivity contribution >= 4 is 11.7 Å². The molecule has 0 aliphatic carbocycles. The number of hydrogen-bond acceptors (Lipinski definition) is 5. The van der Waals surface area contributed by atoms with Gasteiger partial charge in [-0.3, -0.25) is 0 Å². The Morgan fingerprint density at radius 3 is 2.58 bits per heavy atom. The molecule has 0 radical (unpaired) electrons. The largest absolute Gasteiger partial charge is 0.494 e. The minimum absolute atomic E-state index is 0.0681. The van der Waals surface area contributed by atoms with Crippen molar-refractivity contribution in [3.63, 3.8) is 0 Å². The highest BCUT2D eigenvalue weighted by atomic mass is 16.5. The van der Waals surface area contributed by atoms with E-state index in [1.54, 1.807) is 17.9 Å². The Bertz CT molecular complexity index is 706. The van der Waals surface area contributed by atoms with Crippen LogP contribution in [-0.4, -0.2) is 51.3 Å². The maximum Gasteiger partial charge on any atom is 0.321 e. The summed E-state index contributed by atoms with van der Waals surface area (Å²) in [5, 5.41) is 14.5. The van der Waals surface area contributed by atoms with E-state index < -0.39 is 0 Å². The van der Waals surface area contributed by atoms with Crippen LogP contribution >= 0.6 is 0 Å². The van der Waals surface area contributed by atoms with E-state index in [9.17, 15) is 4.79 Å². The van der Waals surface area contributed by atoms with Crippen molar-refractivity contribution < 1.29 is 9.53 Å². The lowest BCUT2D eigenvalue weighted by Crippen LogP contribution is -2.35. The number of aromatic nitrogens is 4. The molecule has 1 aliphatic heterocycles. The third-order valence-corrected chi connectivity index (χ3v) is 4.18. The lowest BCUT2D eigenvalue weighted by atomic mass is 10.2. The van der Waals surface area contributed by atoms with E-state index in [2.05, 4.69) is 20.8 Å². The summed E-state index contributed by atoms with van der Waals surface area (Å²) in [6.45, 7) is 3.42. The molecule has 1 aromatic heterocycles. The molecule has 8 heteroatoms. The number of benzene rings is 1. The monoisotopic (exact) mass is 330 g/mol. The number of rotatable bonds is 3. The molecule has 1 aliphatic rings. The number of urea groups is 1. The molecule has 24 heavy (non-hydrogen) atoms. The summed E-state index contributed by atoms with van der Waals surface area (Å²) >= 11 is 0. The van der Waals surface area contributed by atoms with Gasteiger partial charge in [-0.05, 0) is 48.4 Å². The summed E-state index contributed by atoms with van der Waals surface area (Å²) in [6.07, 6.45) is 4.50. The van der Waals surface area contributed by atoms with Gasteiger partial charge < -0.3 is 15.0 Å². The molecular formula is C16H22N6O2. The molecule has 0 atom stereocenters. The molecule has 0 spiro atoms. The molecule has 128 valence electrons. The fourth-order valence-electron chi connectivity index (χ4n) is 2.86. The first-order chi connectivity index (χ1) is 11.7. The van der Waals surface area contributed by atoms with Crippen LogP contribution in [0.3, 0.4) is 0 Å². The lowest BCUT2D eigenvalue weighted by Gasteiger charge is -2.21. The van der Waals surface area contributed by atoms with Gasteiger partial charge in [0.05, 0.1) is 7.11 Å². The predicted molar refractivity (Wildman–Crippen MR) is 89.5 cm³/mol. The SMILES string of the molecule is COc1ccc(NC(=O)N2CCCCCC2)cc1-n1nnnc1C. The number of tetrazole rings is 1. The number of carbonyl (C=O) groups excluding carboxylic acids is 1. The van der Waals surface area contributed by atoms with E-state index in [1.165, 1.54) is 12.8 Å².